The van der Waals surface area contributed by atoms with Crippen molar-refractivity contribution in [1.82, 2.24) is 5.32 Å². The van der Waals surface area contributed by atoms with Crippen molar-refractivity contribution >= 4 is 27.3 Å². The Morgan fingerprint density at radius 3 is 3.00 bits per heavy atom. The minimum atomic E-state index is 1.00. The van der Waals surface area contributed by atoms with Gasteiger partial charge in [0.15, 0.2) is 0 Å². The van der Waals surface area contributed by atoms with Crippen molar-refractivity contribution in [3.05, 3.63) is 20.8 Å². The van der Waals surface area contributed by atoms with Gasteiger partial charge in [0.2, 0.25) is 0 Å². The molecule has 0 aliphatic carbocycles. The lowest BCUT2D eigenvalue weighted by Gasteiger charge is -1.97. The number of hydrogen-bond acceptors (Lipinski definition) is 2. The predicted octanol–water partition coefficient (Wildman–Crippen LogP) is 3.01. The summed E-state index contributed by atoms with van der Waals surface area (Å²) in [6.45, 7) is 4.29. The quantitative estimate of drug-likeness (QED) is 0.789. The second kappa shape index (κ2) is 4.91. The first kappa shape index (κ1) is 9.23. The maximum absolute atomic E-state index is 3.42. The van der Waals surface area contributed by atoms with Gasteiger partial charge >= 0.3 is 0 Å². The third-order valence-electron chi connectivity index (χ3n) is 1.35. The molecule has 1 heterocycles. The van der Waals surface area contributed by atoms with E-state index < -0.39 is 0 Å². The lowest BCUT2D eigenvalue weighted by molar-refractivity contribution is 0.681. The van der Waals surface area contributed by atoms with Crippen LogP contribution in [0.2, 0.25) is 0 Å². The monoisotopic (exact) mass is 233 g/mol. The average molecular weight is 234 g/mol. The van der Waals surface area contributed by atoms with E-state index in [2.05, 4.69) is 39.6 Å². The van der Waals surface area contributed by atoms with Gasteiger partial charge in [0.25, 0.3) is 0 Å². The van der Waals surface area contributed by atoms with Crippen molar-refractivity contribution in [2.24, 2.45) is 0 Å². The lowest BCUT2D eigenvalue weighted by Crippen LogP contribution is -2.12. The van der Waals surface area contributed by atoms with E-state index in [1.165, 1.54) is 15.8 Å². The maximum atomic E-state index is 3.42. The molecule has 1 aromatic rings. The van der Waals surface area contributed by atoms with Crippen molar-refractivity contribution in [3.63, 3.8) is 0 Å². The summed E-state index contributed by atoms with van der Waals surface area (Å²) in [5.41, 5.74) is 0. The van der Waals surface area contributed by atoms with E-state index in [0.717, 1.165) is 13.1 Å². The molecule has 0 bridgehead atoms. The van der Waals surface area contributed by atoms with Crippen LogP contribution in [0.1, 0.15) is 18.2 Å². The van der Waals surface area contributed by atoms with E-state index in [1.54, 1.807) is 11.3 Å². The van der Waals surface area contributed by atoms with Gasteiger partial charge in [0.05, 0.1) is 0 Å². The molecule has 0 spiro atoms. The predicted molar refractivity (Wildman–Crippen MR) is 54.0 cm³/mol. The van der Waals surface area contributed by atoms with Crippen LogP contribution < -0.4 is 5.32 Å². The van der Waals surface area contributed by atoms with Gasteiger partial charge in [-0.05, 0) is 35.0 Å². The van der Waals surface area contributed by atoms with Gasteiger partial charge < -0.3 is 5.32 Å². The van der Waals surface area contributed by atoms with E-state index in [0.29, 0.717) is 0 Å². The molecule has 1 N–H and O–H groups in total. The molecule has 1 nitrogen and oxygen atoms in total. The molecule has 0 unspecified atom stereocenters. The maximum Gasteiger partial charge on any atom is 0.0300 e. The smallest absolute Gasteiger partial charge is 0.0300 e. The number of rotatable bonds is 4. The zero-order chi connectivity index (χ0) is 8.10. The molecular formula is C8H12BrNS. The van der Waals surface area contributed by atoms with E-state index in [9.17, 15) is 0 Å². The molecule has 0 saturated heterocycles. The summed E-state index contributed by atoms with van der Waals surface area (Å²) in [4.78, 5) is 1.39. The van der Waals surface area contributed by atoms with Gasteiger partial charge in [-0.3, -0.25) is 0 Å². The van der Waals surface area contributed by atoms with Crippen LogP contribution in [-0.2, 0) is 6.54 Å². The third-order valence-corrected chi connectivity index (χ3v) is 3.05. The normalized spacial score (nSPS) is 10.4. The molecule has 62 valence electrons. The first-order valence-electron chi connectivity index (χ1n) is 3.76. The number of thiophene rings is 1. The minimum absolute atomic E-state index is 1.00. The van der Waals surface area contributed by atoms with Crippen molar-refractivity contribution in [2.45, 2.75) is 19.9 Å². The van der Waals surface area contributed by atoms with Crippen LogP contribution in [0.4, 0.5) is 0 Å². The Labute approximate surface area is 79.9 Å². The molecule has 0 aliphatic rings. The van der Waals surface area contributed by atoms with Crippen LogP contribution in [0.5, 0.6) is 0 Å². The Kier molecular flexibility index (Phi) is 4.12. The van der Waals surface area contributed by atoms with Crippen LogP contribution in [-0.4, -0.2) is 6.54 Å². The topological polar surface area (TPSA) is 12.0 Å². The second-order valence-corrected chi connectivity index (χ2v) is 4.32. The van der Waals surface area contributed by atoms with Crippen LogP contribution in [0.25, 0.3) is 0 Å². The van der Waals surface area contributed by atoms with Gasteiger partial charge in [-0.1, -0.05) is 6.92 Å². The number of halogens is 1. The molecule has 0 aromatic carbocycles. The minimum Gasteiger partial charge on any atom is -0.312 e. The molecule has 0 saturated carbocycles. The summed E-state index contributed by atoms with van der Waals surface area (Å²) in [7, 11) is 0. The number of hydrogen-bond donors (Lipinski definition) is 1. The van der Waals surface area contributed by atoms with Crippen molar-refractivity contribution in [2.75, 3.05) is 6.54 Å². The summed E-state index contributed by atoms with van der Waals surface area (Å²) in [5.74, 6) is 0. The van der Waals surface area contributed by atoms with Crippen LogP contribution in [0.3, 0.4) is 0 Å². The summed E-state index contributed by atoms with van der Waals surface area (Å²) in [6.07, 6.45) is 1.20. The van der Waals surface area contributed by atoms with Gasteiger partial charge in [0.1, 0.15) is 0 Å². The highest BCUT2D eigenvalue weighted by Gasteiger charge is 1.94. The Balaban J connectivity index is 2.27. The summed E-state index contributed by atoms with van der Waals surface area (Å²) < 4.78 is 1.19. The fraction of sp³-hybridized carbons (Fsp3) is 0.500. The van der Waals surface area contributed by atoms with Crippen LogP contribution in [0, 0.1) is 0 Å². The zero-order valence-corrected chi connectivity index (χ0v) is 8.96. The second-order valence-electron chi connectivity index (χ2n) is 2.41. The van der Waals surface area contributed by atoms with Gasteiger partial charge in [0, 0.05) is 21.3 Å². The first-order valence-corrected chi connectivity index (χ1v) is 5.44. The standard InChI is InChI=1S/C8H12BrNS/c1-2-3-10-5-8-4-7(9)6-11-8/h4,6,10H,2-3,5H2,1H3. The average Bonchev–Trinajstić information content (AvgIpc) is 2.37. The highest BCUT2D eigenvalue weighted by atomic mass is 79.9. The van der Waals surface area contributed by atoms with Crippen molar-refractivity contribution in [3.8, 4) is 0 Å². The van der Waals surface area contributed by atoms with Gasteiger partial charge in [-0.15, -0.1) is 11.3 Å². The van der Waals surface area contributed by atoms with E-state index in [4.69, 9.17) is 0 Å². The summed E-state index contributed by atoms with van der Waals surface area (Å²) in [6, 6.07) is 2.16. The Morgan fingerprint density at radius 1 is 1.64 bits per heavy atom. The SMILES string of the molecule is CCCNCc1cc(Br)cs1. The summed E-state index contributed by atoms with van der Waals surface area (Å²) in [5, 5.41) is 5.47. The van der Waals surface area contributed by atoms with E-state index >= 15 is 0 Å². The highest BCUT2D eigenvalue weighted by Crippen LogP contribution is 2.19. The van der Waals surface area contributed by atoms with E-state index in [1.807, 2.05) is 0 Å². The fourth-order valence-electron chi connectivity index (χ4n) is 0.835. The largest absolute Gasteiger partial charge is 0.312 e. The molecular weight excluding hydrogens is 222 g/mol. The van der Waals surface area contributed by atoms with E-state index in [-0.39, 0.29) is 0 Å². The lowest BCUT2D eigenvalue weighted by atomic mass is 10.4. The Hall–Kier alpha value is 0.140. The van der Waals surface area contributed by atoms with Crippen LogP contribution in [0.15, 0.2) is 15.9 Å². The zero-order valence-electron chi connectivity index (χ0n) is 6.56. The Bertz CT molecular complexity index is 210. The highest BCUT2D eigenvalue weighted by molar-refractivity contribution is 9.10. The van der Waals surface area contributed by atoms with Crippen LogP contribution >= 0.6 is 27.3 Å². The van der Waals surface area contributed by atoms with Crippen molar-refractivity contribution in [1.29, 1.82) is 0 Å². The first-order chi connectivity index (χ1) is 5.33. The molecule has 11 heavy (non-hydrogen) atoms. The van der Waals surface area contributed by atoms with Gasteiger partial charge in [-0.25, -0.2) is 0 Å². The molecule has 0 fully saturated rings. The molecule has 0 atom stereocenters. The molecule has 1 rings (SSSR count). The Morgan fingerprint density at radius 2 is 2.45 bits per heavy atom. The molecule has 1 aromatic heterocycles. The van der Waals surface area contributed by atoms with Crippen molar-refractivity contribution < 1.29 is 0 Å². The molecule has 0 amide bonds. The molecule has 0 radical (unpaired) electrons. The molecule has 0 aliphatic heterocycles. The number of nitrogens with one attached hydrogen (secondary N) is 1. The molecule has 3 heteroatoms. The third kappa shape index (κ3) is 3.36. The van der Waals surface area contributed by atoms with Gasteiger partial charge in [-0.2, -0.15) is 0 Å². The summed E-state index contributed by atoms with van der Waals surface area (Å²) >= 11 is 5.21. The fourth-order valence-corrected chi connectivity index (χ4v) is 2.26.